The molecule has 0 aliphatic rings. The number of benzene rings is 1. The first-order valence-electron chi connectivity index (χ1n) is 7.43. The van der Waals surface area contributed by atoms with Gasteiger partial charge < -0.3 is 14.6 Å². The van der Waals surface area contributed by atoms with Crippen LogP contribution in [0.1, 0.15) is 31.7 Å². The molecule has 0 bridgehead atoms. The second-order valence-corrected chi connectivity index (χ2v) is 5.51. The first kappa shape index (κ1) is 16.3. The maximum absolute atomic E-state index is 9.40. The van der Waals surface area contributed by atoms with E-state index < -0.39 is 0 Å². The van der Waals surface area contributed by atoms with Crippen molar-refractivity contribution in [3.8, 4) is 11.5 Å². The second kappa shape index (κ2) is 7.79. The number of aryl methyl sites for hydroxylation is 1. The standard InChI is InChI=1S/C16H23N3O3/c1-12(2)7-8-19-16(15(10-20)17-18-19)11-22-14-6-4-5-13(9-14)21-3/h4-6,9,12,20H,7-8,10-11H2,1-3H3. The summed E-state index contributed by atoms with van der Waals surface area (Å²) >= 11 is 0. The molecule has 0 spiro atoms. The predicted octanol–water partition coefficient (Wildman–Crippen LogP) is 2.40. The Morgan fingerprint density at radius 1 is 1.27 bits per heavy atom. The van der Waals surface area contributed by atoms with Crippen molar-refractivity contribution in [1.82, 2.24) is 15.0 Å². The lowest BCUT2D eigenvalue weighted by atomic mass is 10.1. The Bertz CT molecular complexity index is 596. The van der Waals surface area contributed by atoms with Gasteiger partial charge in [-0.3, -0.25) is 0 Å². The van der Waals surface area contributed by atoms with Crippen LogP contribution in [0.15, 0.2) is 24.3 Å². The molecule has 0 amide bonds. The molecule has 0 unspecified atom stereocenters. The largest absolute Gasteiger partial charge is 0.497 e. The number of aromatic nitrogens is 3. The summed E-state index contributed by atoms with van der Waals surface area (Å²) in [4.78, 5) is 0. The van der Waals surface area contributed by atoms with E-state index in [0.717, 1.165) is 24.4 Å². The van der Waals surface area contributed by atoms with Gasteiger partial charge in [0.2, 0.25) is 0 Å². The van der Waals surface area contributed by atoms with Crippen molar-refractivity contribution >= 4 is 0 Å². The van der Waals surface area contributed by atoms with E-state index >= 15 is 0 Å². The van der Waals surface area contributed by atoms with E-state index in [2.05, 4.69) is 24.2 Å². The average molecular weight is 305 g/mol. The fourth-order valence-corrected chi connectivity index (χ4v) is 2.05. The lowest BCUT2D eigenvalue weighted by molar-refractivity contribution is 0.260. The molecule has 6 nitrogen and oxygen atoms in total. The van der Waals surface area contributed by atoms with Crippen LogP contribution in [0.3, 0.4) is 0 Å². The summed E-state index contributed by atoms with van der Waals surface area (Å²) in [5.74, 6) is 2.03. The van der Waals surface area contributed by atoms with Gasteiger partial charge in [-0.15, -0.1) is 5.10 Å². The monoisotopic (exact) mass is 305 g/mol. The Hall–Kier alpha value is -2.08. The number of aliphatic hydroxyl groups excluding tert-OH is 1. The Balaban J connectivity index is 2.08. The van der Waals surface area contributed by atoms with Crippen molar-refractivity contribution in [2.24, 2.45) is 5.92 Å². The predicted molar refractivity (Wildman–Crippen MR) is 82.7 cm³/mol. The molecular formula is C16H23N3O3. The number of methoxy groups -OCH3 is 1. The molecular weight excluding hydrogens is 282 g/mol. The third kappa shape index (κ3) is 4.21. The fourth-order valence-electron chi connectivity index (χ4n) is 2.05. The molecule has 0 saturated heterocycles. The number of nitrogens with zero attached hydrogens (tertiary/aromatic N) is 3. The van der Waals surface area contributed by atoms with Crippen molar-refractivity contribution in [3.63, 3.8) is 0 Å². The van der Waals surface area contributed by atoms with Crippen molar-refractivity contribution in [2.75, 3.05) is 7.11 Å². The number of ether oxygens (including phenoxy) is 2. The summed E-state index contributed by atoms with van der Waals surface area (Å²) in [6.45, 7) is 5.26. The van der Waals surface area contributed by atoms with E-state index in [9.17, 15) is 5.11 Å². The Morgan fingerprint density at radius 2 is 2.05 bits per heavy atom. The average Bonchev–Trinajstić information content (AvgIpc) is 2.93. The molecule has 1 heterocycles. The Morgan fingerprint density at radius 3 is 2.73 bits per heavy atom. The van der Waals surface area contributed by atoms with E-state index in [1.165, 1.54) is 0 Å². The van der Waals surface area contributed by atoms with Gasteiger partial charge in [-0.2, -0.15) is 0 Å². The highest BCUT2D eigenvalue weighted by Gasteiger charge is 2.13. The smallest absolute Gasteiger partial charge is 0.132 e. The van der Waals surface area contributed by atoms with Gasteiger partial charge in [0.15, 0.2) is 0 Å². The molecule has 1 aromatic heterocycles. The second-order valence-electron chi connectivity index (χ2n) is 5.51. The molecule has 6 heteroatoms. The van der Waals surface area contributed by atoms with Gasteiger partial charge in [0.25, 0.3) is 0 Å². The van der Waals surface area contributed by atoms with Crippen LogP contribution in [0, 0.1) is 5.92 Å². The molecule has 0 aliphatic carbocycles. The Kier molecular flexibility index (Phi) is 5.77. The number of aliphatic hydroxyl groups is 1. The SMILES string of the molecule is COc1cccc(OCc2c(CO)nnn2CCC(C)C)c1. The fraction of sp³-hybridized carbons (Fsp3) is 0.500. The van der Waals surface area contributed by atoms with Crippen LogP contribution >= 0.6 is 0 Å². The van der Waals surface area contributed by atoms with Gasteiger partial charge in [-0.25, -0.2) is 4.68 Å². The molecule has 1 N–H and O–H groups in total. The minimum absolute atomic E-state index is 0.140. The van der Waals surface area contributed by atoms with E-state index in [-0.39, 0.29) is 6.61 Å². The third-order valence-corrected chi connectivity index (χ3v) is 3.40. The molecule has 0 radical (unpaired) electrons. The minimum atomic E-state index is -0.140. The summed E-state index contributed by atoms with van der Waals surface area (Å²) in [5.41, 5.74) is 1.37. The maximum atomic E-state index is 9.40. The highest BCUT2D eigenvalue weighted by Crippen LogP contribution is 2.20. The van der Waals surface area contributed by atoms with Crippen LogP contribution < -0.4 is 9.47 Å². The van der Waals surface area contributed by atoms with Crippen LogP contribution in [0.25, 0.3) is 0 Å². The van der Waals surface area contributed by atoms with Gasteiger partial charge in [-0.05, 0) is 24.5 Å². The quantitative estimate of drug-likeness (QED) is 0.811. The van der Waals surface area contributed by atoms with Gasteiger partial charge in [0.1, 0.15) is 29.5 Å². The number of rotatable bonds is 8. The van der Waals surface area contributed by atoms with Gasteiger partial charge >= 0.3 is 0 Å². The van der Waals surface area contributed by atoms with Crippen LogP contribution in [-0.2, 0) is 19.8 Å². The summed E-state index contributed by atoms with van der Waals surface area (Å²) in [7, 11) is 1.62. The Labute approximate surface area is 130 Å². The van der Waals surface area contributed by atoms with Gasteiger partial charge in [0.05, 0.1) is 13.7 Å². The van der Waals surface area contributed by atoms with Crippen LogP contribution in [-0.4, -0.2) is 27.2 Å². The zero-order chi connectivity index (χ0) is 15.9. The zero-order valence-corrected chi connectivity index (χ0v) is 13.3. The highest BCUT2D eigenvalue weighted by atomic mass is 16.5. The molecule has 22 heavy (non-hydrogen) atoms. The van der Waals surface area contributed by atoms with Crippen molar-refractivity contribution in [3.05, 3.63) is 35.7 Å². The summed E-state index contributed by atoms with van der Waals surface area (Å²) in [6.07, 6.45) is 1.00. The van der Waals surface area contributed by atoms with E-state index in [1.807, 2.05) is 28.9 Å². The van der Waals surface area contributed by atoms with Crippen LogP contribution in [0.4, 0.5) is 0 Å². The first-order valence-corrected chi connectivity index (χ1v) is 7.43. The number of hydrogen-bond donors (Lipinski definition) is 1. The van der Waals surface area contributed by atoms with Gasteiger partial charge in [-0.1, -0.05) is 25.1 Å². The maximum Gasteiger partial charge on any atom is 0.132 e. The van der Waals surface area contributed by atoms with Gasteiger partial charge in [0, 0.05) is 12.6 Å². The molecule has 0 aliphatic heterocycles. The highest BCUT2D eigenvalue weighted by molar-refractivity contribution is 5.33. The number of hydrogen-bond acceptors (Lipinski definition) is 5. The third-order valence-electron chi connectivity index (χ3n) is 3.40. The minimum Gasteiger partial charge on any atom is -0.497 e. The summed E-state index contributed by atoms with van der Waals surface area (Å²) in [5, 5.41) is 17.5. The summed E-state index contributed by atoms with van der Waals surface area (Å²) in [6, 6.07) is 7.42. The normalized spacial score (nSPS) is 11.0. The first-order chi connectivity index (χ1) is 10.6. The van der Waals surface area contributed by atoms with Crippen LogP contribution in [0.5, 0.6) is 11.5 Å². The molecule has 0 atom stereocenters. The van der Waals surface area contributed by atoms with E-state index in [1.54, 1.807) is 7.11 Å². The molecule has 2 rings (SSSR count). The lowest BCUT2D eigenvalue weighted by Gasteiger charge is -2.11. The van der Waals surface area contributed by atoms with Crippen LogP contribution in [0.2, 0.25) is 0 Å². The molecule has 120 valence electrons. The summed E-state index contributed by atoms with van der Waals surface area (Å²) < 4.78 is 12.8. The van der Waals surface area contributed by atoms with Crippen molar-refractivity contribution in [2.45, 2.75) is 40.0 Å². The molecule has 0 fully saturated rings. The zero-order valence-electron chi connectivity index (χ0n) is 13.3. The topological polar surface area (TPSA) is 69.4 Å². The van der Waals surface area contributed by atoms with Crippen molar-refractivity contribution < 1.29 is 14.6 Å². The lowest BCUT2D eigenvalue weighted by Crippen LogP contribution is -2.11. The molecule has 1 aromatic carbocycles. The molecule has 2 aromatic rings. The molecule has 0 saturated carbocycles. The van der Waals surface area contributed by atoms with E-state index in [4.69, 9.17) is 9.47 Å². The van der Waals surface area contributed by atoms with E-state index in [0.29, 0.717) is 24.0 Å². The van der Waals surface area contributed by atoms with Crippen molar-refractivity contribution in [1.29, 1.82) is 0 Å².